The Morgan fingerprint density at radius 3 is 2.95 bits per heavy atom. The SMILES string of the molecule is Cc1c(SN2CCN=C(/C=C\N)C2)cc(C=O)n1C. The number of hydrogen-bond donors (Lipinski definition) is 1. The zero-order valence-electron chi connectivity index (χ0n) is 11.2. The van der Waals surface area contributed by atoms with Crippen molar-refractivity contribution in [1.29, 1.82) is 0 Å². The van der Waals surface area contributed by atoms with Crippen molar-refractivity contribution < 1.29 is 4.79 Å². The number of aldehydes is 1. The molecule has 19 heavy (non-hydrogen) atoms. The van der Waals surface area contributed by atoms with Crippen LogP contribution < -0.4 is 5.73 Å². The second-order valence-electron chi connectivity index (χ2n) is 4.38. The van der Waals surface area contributed by atoms with E-state index in [0.29, 0.717) is 5.69 Å². The number of hydrogen-bond acceptors (Lipinski definition) is 5. The fourth-order valence-corrected chi connectivity index (χ4v) is 3.04. The highest BCUT2D eigenvalue weighted by Gasteiger charge is 2.17. The summed E-state index contributed by atoms with van der Waals surface area (Å²) < 4.78 is 4.15. The lowest BCUT2D eigenvalue weighted by atomic mass is 10.3. The van der Waals surface area contributed by atoms with Crippen LogP contribution in [0.2, 0.25) is 0 Å². The van der Waals surface area contributed by atoms with Gasteiger partial charge in [0.1, 0.15) is 0 Å². The molecule has 0 saturated heterocycles. The van der Waals surface area contributed by atoms with Gasteiger partial charge in [0, 0.05) is 24.2 Å². The van der Waals surface area contributed by atoms with E-state index in [0.717, 1.165) is 42.2 Å². The van der Waals surface area contributed by atoms with Crippen molar-refractivity contribution in [3.63, 3.8) is 0 Å². The minimum atomic E-state index is 0.702. The third-order valence-corrected chi connectivity index (χ3v) is 4.35. The first kappa shape index (κ1) is 13.9. The van der Waals surface area contributed by atoms with Gasteiger partial charge in [-0.1, -0.05) is 0 Å². The van der Waals surface area contributed by atoms with Gasteiger partial charge in [0.15, 0.2) is 6.29 Å². The van der Waals surface area contributed by atoms with Crippen molar-refractivity contribution in [2.75, 3.05) is 19.6 Å². The molecule has 1 aromatic rings. The average Bonchev–Trinajstić information content (AvgIpc) is 2.67. The average molecular weight is 278 g/mol. The molecule has 0 atom stereocenters. The highest BCUT2D eigenvalue weighted by atomic mass is 32.2. The molecule has 0 fully saturated rings. The van der Waals surface area contributed by atoms with Crippen LogP contribution in [0.25, 0.3) is 0 Å². The van der Waals surface area contributed by atoms with Crippen molar-refractivity contribution in [1.82, 2.24) is 8.87 Å². The van der Waals surface area contributed by atoms with Gasteiger partial charge in [0.05, 0.1) is 24.5 Å². The summed E-state index contributed by atoms with van der Waals surface area (Å²) in [5, 5.41) is 0. The third-order valence-electron chi connectivity index (χ3n) is 3.17. The number of carbonyl (C=O) groups excluding carboxylic acids is 1. The van der Waals surface area contributed by atoms with Gasteiger partial charge in [0.2, 0.25) is 0 Å². The molecule has 2 N–H and O–H groups in total. The van der Waals surface area contributed by atoms with Crippen molar-refractivity contribution in [3.05, 3.63) is 29.7 Å². The molecule has 102 valence electrons. The predicted octanol–water partition coefficient (Wildman–Crippen LogP) is 1.38. The molecule has 5 nitrogen and oxygen atoms in total. The molecule has 0 amide bonds. The van der Waals surface area contributed by atoms with Gasteiger partial charge in [-0.15, -0.1) is 0 Å². The normalized spacial score (nSPS) is 16.8. The summed E-state index contributed by atoms with van der Waals surface area (Å²) in [7, 11) is 1.91. The van der Waals surface area contributed by atoms with Crippen molar-refractivity contribution >= 4 is 23.9 Å². The van der Waals surface area contributed by atoms with Crippen LogP contribution in [0.1, 0.15) is 16.2 Å². The highest BCUT2D eigenvalue weighted by Crippen LogP contribution is 2.28. The molecule has 1 aliphatic rings. The minimum Gasteiger partial charge on any atom is -0.405 e. The maximum atomic E-state index is 10.9. The van der Waals surface area contributed by atoms with E-state index < -0.39 is 0 Å². The van der Waals surface area contributed by atoms with Gasteiger partial charge >= 0.3 is 0 Å². The van der Waals surface area contributed by atoms with Crippen LogP contribution >= 0.6 is 11.9 Å². The second-order valence-corrected chi connectivity index (χ2v) is 5.52. The Hall–Kier alpha value is -1.53. The summed E-state index contributed by atoms with van der Waals surface area (Å²) >= 11 is 1.67. The predicted molar refractivity (Wildman–Crippen MR) is 78.6 cm³/mol. The summed E-state index contributed by atoms with van der Waals surface area (Å²) in [6, 6.07) is 1.93. The summed E-state index contributed by atoms with van der Waals surface area (Å²) in [6.07, 6.45) is 4.24. The molecule has 0 saturated carbocycles. The highest BCUT2D eigenvalue weighted by molar-refractivity contribution is 7.97. The molecule has 0 spiro atoms. The van der Waals surface area contributed by atoms with Crippen LogP contribution in [0, 0.1) is 6.92 Å². The standard InChI is InChI=1S/C13H18N4OS/c1-10-13(7-12(9-18)16(10)2)19-17-6-5-15-11(8-17)3-4-14/h3-4,7,9H,5-6,8,14H2,1-2H3/b4-3-. The zero-order chi connectivity index (χ0) is 13.8. The molecular weight excluding hydrogens is 260 g/mol. The maximum absolute atomic E-state index is 10.9. The fraction of sp³-hybridized carbons (Fsp3) is 0.385. The lowest BCUT2D eigenvalue weighted by Crippen LogP contribution is -2.30. The van der Waals surface area contributed by atoms with Gasteiger partial charge in [-0.2, -0.15) is 0 Å². The molecule has 2 rings (SSSR count). The smallest absolute Gasteiger partial charge is 0.166 e. The van der Waals surface area contributed by atoms with E-state index in [4.69, 9.17) is 5.73 Å². The number of nitrogens with zero attached hydrogens (tertiary/aromatic N) is 3. The Kier molecular flexibility index (Phi) is 4.44. The number of aromatic nitrogens is 1. The molecule has 6 heteroatoms. The second kappa shape index (κ2) is 6.08. The summed E-state index contributed by atoms with van der Waals surface area (Å²) in [5.74, 6) is 0. The monoisotopic (exact) mass is 278 g/mol. The Morgan fingerprint density at radius 2 is 2.32 bits per heavy atom. The topological polar surface area (TPSA) is 63.6 Å². The van der Waals surface area contributed by atoms with E-state index in [1.54, 1.807) is 11.9 Å². The molecule has 1 aliphatic heterocycles. The van der Waals surface area contributed by atoms with Crippen LogP contribution in [0.3, 0.4) is 0 Å². The molecule has 0 unspecified atom stereocenters. The number of rotatable bonds is 4. The van der Waals surface area contributed by atoms with Crippen molar-refractivity contribution in [3.8, 4) is 0 Å². The van der Waals surface area contributed by atoms with Gasteiger partial charge in [-0.25, -0.2) is 4.31 Å². The van der Waals surface area contributed by atoms with Gasteiger partial charge in [-0.05, 0) is 37.2 Å². The first-order valence-electron chi connectivity index (χ1n) is 6.11. The van der Waals surface area contributed by atoms with Gasteiger partial charge in [0.25, 0.3) is 0 Å². The fourth-order valence-electron chi connectivity index (χ4n) is 1.95. The van der Waals surface area contributed by atoms with Gasteiger partial charge in [-0.3, -0.25) is 9.79 Å². The largest absolute Gasteiger partial charge is 0.405 e. The maximum Gasteiger partial charge on any atom is 0.166 e. The van der Waals surface area contributed by atoms with E-state index in [9.17, 15) is 4.79 Å². The number of nitrogens with two attached hydrogens (primary N) is 1. The summed E-state index contributed by atoms with van der Waals surface area (Å²) in [4.78, 5) is 16.5. The van der Waals surface area contributed by atoms with Crippen LogP contribution in [-0.2, 0) is 7.05 Å². The van der Waals surface area contributed by atoms with Gasteiger partial charge < -0.3 is 10.3 Å². The lowest BCUT2D eigenvalue weighted by molar-refractivity contribution is 0.111. The molecular formula is C13H18N4OS. The van der Waals surface area contributed by atoms with E-state index in [1.165, 1.54) is 6.20 Å². The molecule has 0 radical (unpaired) electrons. The minimum absolute atomic E-state index is 0.702. The third kappa shape index (κ3) is 3.08. The molecule has 0 bridgehead atoms. The van der Waals surface area contributed by atoms with Crippen molar-refractivity contribution in [2.45, 2.75) is 11.8 Å². The Bertz CT molecular complexity index is 533. The van der Waals surface area contributed by atoms with Crippen molar-refractivity contribution in [2.24, 2.45) is 17.8 Å². The number of aliphatic imine (C=N–C) groups is 1. The molecule has 0 aromatic carbocycles. The van der Waals surface area contributed by atoms with E-state index >= 15 is 0 Å². The first-order valence-corrected chi connectivity index (χ1v) is 6.89. The Morgan fingerprint density at radius 1 is 1.53 bits per heavy atom. The molecule has 0 aliphatic carbocycles. The zero-order valence-corrected chi connectivity index (χ0v) is 12.0. The molecule has 2 heterocycles. The summed E-state index contributed by atoms with van der Waals surface area (Å²) in [6.45, 7) is 4.47. The Balaban J connectivity index is 2.10. The van der Waals surface area contributed by atoms with E-state index in [1.807, 2.05) is 30.7 Å². The molecule has 1 aromatic heterocycles. The van der Waals surface area contributed by atoms with E-state index in [2.05, 4.69) is 9.30 Å². The van der Waals surface area contributed by atoms with Crippen LogP contribution in [-0.4, -0.2) is 40.5 Å². The first-order chi connectivity index (χ1) is 9.15. The van der Waals surface area contributed by atoms with E-state index in [-0.39, 0.29) is 0 Å². The lowest BCUT2D eigenvalue weighted by Gasteiger charge is -2.24. The summed E-state index contributed by atoms with van der Waals surface area (Å²) in [5.41, 5.74) is 8.19. The van der Waals surface area contributed by atoms with Crippen LogP contribution in [0.15, 0.2) is 28.2 Å². The Labute approximate surface area is 117 Å². The quantitative estimate of drug-likeness (QED) is 0.667. The van der Waals surface area contributed by atoms with Crippen LogP contribution in [0.5, 0.6) is 0 Å². The van der Waals surface area contributed by atoms with Crippen LogP contribution in [0.4, 0.5) is 0 Å². The number of carbonyl (C=O) groups is 1.